The van der Waals surface area contributed by atoms with Gasteiger partial charge in [0.05, 0.1) is 6.10 Å². The van der Waals surface area contributed by atoms with Crippen molar-refractivity contribution in [2.24, 2.45) is 0 Å². The molecule has 1 aromatic heterocycles. The molecule has 2 N–H and O–H groups in total. The molecule has 5 nitrogen and oxygen atoms in total. The summed E-state index contributed by atoms with van der Waals surface area (Å²) < 4.78 is 0. The van der Waals surface area contributed by atoms with Crippen LogP contribution in [0.3, 0.4) is 0 Å². The van der Waals surface area contributed by atoms with E-state index in [0.29, 0.717) is 18.0 Å². The fraction of sp³-hybridized carbons (Fsp3) is 0.692. The highest BCUT2D eigenvalue weighted by atomic mass is 16.3. The largest absolute Gasteiger partial charge is 0.393 e. The van der Waals surface area contributed by atoms with Crippen LogP contribution in [-0.2, 0) is 0 Å². The van der Waals surface area contributed by atoms with E-state index >= 15 is 0 Å². The minimum absolute atomic E-state index is 0.131. The van der Waals surface area contributed by atoms with E-state index in [9.17, 15) is 5.11 Å². The lowest BCUT2D eigenvalue weighted by atomic mass is 10.00. The first-order valence-corrected chi connectivity index (χ1v) is 6.81. The van der Waals surface area contributed by atoms with Crippen molar-refractivity contribution in [2.45, 2.75) is 50.8 Å². The second-order valence-corrected chi connectivity index (χ2v) is 5.19. The van der Waals surface area contributed by atoms with Crippen molar-refractivity contribution in [3.63, 3.8) is 0 Å². The molecular weight excluding hydrogens is 228 g/mol. The number of hydrogen-bond donors (Lipinski definition) is 2. The first kappa shape index (κ1) is 11.7. The summed E-state index contributed by atoms with van der Waals surface area (Å²) in [5, 5.41) is 13.0. The molecule has 0 aromatic carbocycles. The summed E-state index contributed by atoms with van der Waals surface area (Å²) in [7, 11) is 0. The second-order valence-electron chi connectivity index (χ2n) is 5.19. The molecule has 98 valence electrons. The van der Waals surface area contributed by atoms with E-state index < -0.39 is 0 Å². The van der Waals surface area contributed by atoms with Gasteiger partial charge < -0.3 is 15.3 Å². The molecule has 2 bridgehead atoms. The van der Waals surface area contributed by atoms with Gasteiger partial charge in [-0.05, 0) is 38.7 Å². The van der Waals surface area contributed by atoms with Crippen LogP contribution in [0.25, 0.3) is 0 Å². The quantitative estimate of drug-likeness (QED) is 0.846. The number of fused-ring (bicyclic) bond motifs is 2. The van der Waals surface area contributed by atoms with Gasteiger partial charge in [0.15, 0.2) is 0 Å². The molecule has 2 saturated heterocycles. The predicted octanol–water partition coefficient (Wildman–Crippen LogP) is 1.40. The van der Waals surface area contributed by atoms with Crippen LogP contribution in [0.5, 0.6) is 0 Å². The molecule has 18 heavy (non-hydrogen) atoms. The maximum Gasteiger partial charge on any atom is 0.224 e. The topological polar surface area (TPSA) is 61.3 Å². The van der Waals surface area contributed by atoms with Crippen molar-refractivity contribution in [3.05, 3.63) is 12.3 Å². The third-order valence-corrected chi connectivity index (χ3v) is 3.95. The van der Waals surface area contributed by atoms with Crippen molar-refractivity contribution >= 4 is 11.8 Å². The summed E-state index contributed by atoms with van der Waals surface area (Å²) in [6.07, 6.45) is 5.76. The lowest BCUT2D eigenvalue weighted by Crippen LogP contribution is -2.45. The SMILES string of the molecule is CCNc1nccc(N2C3CCC2CC(O)C3)n1. The lowest BCUT2D eigenvalue weighted by Gasteiger charge is -2.38. The summed E-state index contributed by atoms with van der Waals surface area (Å²) in [5.41, 5.74) is 0. The molecule has 1 aromatic rings. The van der Waals surface area contributed by atoms with Gasteiger partial charge in [-0.25, -0.2) is 4.98 Å². The lowest BCUT2D eigenvalue weighted by molar-refractivity contribution is 0.126. The smallest absolute Gasteiger partial charge is 0.224 e. The average Bonchev–Trinajstić information content (AvgIpc) is 2.63. The van der Waals surface area contributed by atoms with Crippen LogP contribution < -0.4 is 10.2 Å². The number of aliphatic hydroxyl groups is 1. The van der Waals surface area contributed by atoms with E-state index in [-0.39, 0.29) is 6.10 Å². The highest BCUT2D eigenvalue weighted by Gasteiger charge is 2.40. The van der Waals surface area contributed by atoms with Crippen molar-refractivity contribution in [1.82, 2.24) is 9.97 Å². The average molecular weight is 248 g/mol. The molecule has 0 radical (unpaired) electrons. The zero-order valence-electron chi connectivity index (χ0n) is 10.7. The maximum atomic E-state index is 9.82. The molecule has 0 amide bonds. The molecule has 2 atom stereocenters. The predicted molar refractivity (Wildman–Crippen MR) is 70.7 cm³/mol. The maximum absolute atomic E-state index is 9.82. The van der Waals surface area contributed by atoms with Gasteiger partial charge in [0.1, 0.15) is 5.82 Å². The van der Waals surface area contributed by atoms with Crippen LogP contribution >= 0.6 is 0 Å². The van der Waals surface area contributed by atoms with Crippen LogP contribution in [0.2, 0.25) is 0 Å². The molecule has 5 heteroatoms. The highest BCUT2D eigenvalue weighted by Crippen LogP contribution is 2.38. The van der Waals surface area contributed by atoms with Gasteiger partial charge >= 0.3 is 0 Å². The first-order chi connectivity index (χ1) is 8.78. The third kappa shape index (κ3) is 2.03. The first-order valence-electron chi connectivity index (χ1n) is 6.81. The van der Waals surface area contributed by atoms with Gasteiger partial charge in [0.2, 0.25) is 5.95 Å². The van der Waals surface area contributed by atoms with Crippen molar-refractivity contribution < 1.29 is 5.11 Å². The standard InChI is InChI=1S/C13H20N4O/c1-2-14-13-15-6-5-12(16-13)17-9-3-4-10(17)8-11(18)7-9/h5-6,9-11,18H,2-4,7-8H2,1H3,(H,14,15,16). The number of nitrogens with zero attached hydrogens (tertiary/aromatic N) is 3. The molecule has 0 aliphatic carbocycles. The van der Waals surface area contributed by atoms with Crippen LogP contribution in [0.15, 0.2) is 12.3 Å². The molecule has 0 spiro atoms. The molecule has 2 fully saturated rings. The van der Waals surface area contributed by atoms with Gasteiger partial charge in [-0.3, -0.25) is 0 Å². The van der Waals surface area contributed by atoms with E-state index in [1.165, 1.54) is 12.8 Å². The molecule has 2 aliphatic rings. The van der Waals surface area contributed by atoms with Crippen LogP contribution in [0.1, 0.15) is 32.6 Å². The Labute approximate surface area is 107 Å². The molecule has 2 aliphatic heterocycles. The monoisotopic (exact) mass is 248 g/mol. The molecule has 3 heterocycles. The van der Waals surface area contributed by atoms with Crippen molar-refractivity contribution in [3.8, 4) is 0 Å². The minimum atomic E-state index is -0.131. The fourth-order valence-corrected chi connectivity index (χ4v) is 3.26. The molecular formula is C13H20N4O. The number of rotatable bonds is 3. The molecule has 0 saturated carbocycles. The van der Waals surface area contributed by atoms with Gasteiger partial charge in [0.25, 0.3) is 0 Å². The zero-order valence-corrected chi connectivity index (χ0v) is 10.7. The number of aromatic nitrogens is 2. The summed E-state index contributed by atoms with van der Waals surface area (Å²) >= 11 is 0. The van der Waals surface area contributed by atoms with Gasteiger partial charge in [-0.1, -0.05) is 0 Å². The summed E-state index contributed by atoms with van der Waals surface area (Å²) in [6.45, 7) is 2.87. The van der Waals surface area contributed by atoms with E-state index in [4.69, 9.17) is 0 Å². The van der Waals surface area contributed by atoms with Crippen molar-refractivity contribution in [1.29, 1.82) is 0 Å². The Morgan fingerprint density at radius 1 is 1.39 bits per heavy atom. The Hall–Kier alpha value is -1.36. The Morgan fingerprint density at radius 3 is 2.78 bits per heavy atom. The highest BCUT2D eigenvalue weighted by molar-refractivity contribution is 5.46. The van der Waals surface area contributed by atoms with Crippen LogP contribution in [0, 0.1) is 0 Å². The Bertz CT molecular complexity index is 411. The van der Waals surface area contributed by atoms with Gasteiger partial charge in [-0.2, -0.15) is 4.98 Å². The van der Waals surface area contributed by atoms with Gasteiger partial charge in [0, 0.05) is 24.8 Å². The molecule has 2 unspecified atom stereocenters. The normalized spacial score (nSPS) is 30.6. The summed E-state index contributed by atoms with van der Waals surface area (Å²) in [5.74, 6) is 1.70. The van der Waals surface area contributed by atoms with Crippen LogP contribution in [-0.4, -0.2) is 39.8 Å². The molecule has 3 rings (SSSR count). The van der Waals surface area contributed by atoms with E-state index in [1.807, 2.05) is 19.2 Å². The summed E-state index contributed by atoms with van der Waals surface area (Å²) in [6, 6.07) is 2.87. The Kier molecular flexibility index (Phi) is 3.07. The number of hydrogen-bond acceptors (Lipinski definition) is 5. The number of piperidine rings is 1. The number of anilines is 2. The van der Waals surface area contributed by atoms with Crippen molar-refractivity contribution in [2.75, 3.05) is 16.8 Å². The van der Waals surface area contributed by atoms with E-state index in [0.717, 1.165) is 25.2 Å². The van der Waals surface area contributed by atoms with Crippen LogP contribution in [0.4, 0.5) is 11.8 Å². The van der Waals surface area contributed by atoms with E-state index in [2.05, 4.69) is 20.2 Å². The zero-order chi connectivity index (χ0) is 12.5. The second kappa shape index (κ2) is 4.72. The fourth-order valence-electron chi connectivity index (χ4n) is 3.26. The Morgan fingerprint density at radius 2 is 2.11 bits per heavy atom. The van der Waals surface area contributed by atoms with E-state index in [1.54, 1.807) is 0 Å². The summed E-state index contributed by atoms with van der Waals surface area (Å²) in [4.78, 5) is 11.2. The van der Waals surface area contributed by atoms with Gasteiger partial charge in [-0.15, -0.1) is 0 Å². The Balaban J connectivity index is 1.84. The number of nitrogens with one attached hydrogen (secondary N) is 1. The third-order valence-electron chi connectivity index (χ3n) is 3.95. The minimum Gasteiger partial charge on any atom is -0.393 e. The number of aliphatic hydroxyl groups excluding tert-OH is 1.